The Morgan fingerprint density at radius 3 is 1.00 bits per heavy atom. The van der Waals surface area contributed by atoms with E-state index in [-0.39, 0.29) is 7.43 Å². The Balaban J connectivity index is -0.0000000910. The van der Waals surface area contributed by atoms with E-state index in [0.717, 1.165) is 11.2 Å². The van der Waals surface area contributed by atoms with Crippen LogP contribution in [-0.2, 0) is 0 Å². The molecule has 0 aromatic rings. The molecule has 0 atom stereocenters. The number of hydrogen-bond donors (Lipinski definition) is 0. The third kappa shape index (κ3) is 81.7. The second kappa shape index (κ2) is 12.1. The van der Waals surface area contributed by atoms with Crippen LogP contribution in [0.25, 0.3) is 0 Å². The molecule has 0 bridgehead atoms. The molecular formula is C9H24S. The molecule has 0 saturated carbocycles. The van der Waals surface area contributed by atoms with Crippen molar-refractivity contribution in [3.8, 4) is 0 Å². The first-order chi connectivity index (χ1) is 4.00. The normalized spacial score (nSPS) is 8.40. The van der Waals surface area contributed by atoms with E-state index in [0.29, 0.717) is 0 Å². The third-order valence-electron chi connectivity index (χ3n) is 0.471. The van der Waals surface area contributed by atoms with Gasteiger partial charge in [0.25, 0.3) is 0 Å². The molecule has 0 nitrogen and oxygen atoms in total. The summed E-state index contributed by atoms with van der Waals surface area (Å²) in [7, 11) is 0. The standard InChI is InChI=1S/C4H10S.C4H10.CH4/c1-4(2)5-3;1-4(2)3;/h4H,1-3H3;4H,1-3H3;1H4. The van der Waals surface area contributed by atoms with Crippen molar-refractivity contribution < 1.29 is 0 Å². The Hall–Kier alpha value is 0.350. The van der Waals surface area contributed by atoms with Crippen LogP contribution in [0.5, 0.6) is 0 Å². The molecule has 0 amide bonds. The van der Waals surface area contributed by atoms with Crippen LogP contribution in [0, 0.1) is 5.92 Å². The van der Waals surface area contributed by atoms with Gasteiger partial charge in [0.15, 0.2) is 0 Å². The first-order valence-corrected chi connectivity index (χ1v) is 4.82. The van der Waals surface area contributed by atoms with Crippen molar-refractivity contribution in [2.45, 2.75) is 47.3 Å². The molecule has 0 radical (unpaired) electrons. The second-order valence-electron chi connectivity index (χ2n) is 3.02. The summed E-state index contributed by atoms with van der Waals surface area (Å²) in [5, 5.41) is 0.801. The fourth-order valence-electron chi connectivity index (χ4n) is 0. The zero-order chi connectivity index (χ0) is 7.86. The van der Waals surface area contributed by atoms with Crippen molar-refractivity contribution in [1.29, 1.82) is 0 Å². The minimum atomic E-state index is 0. The SMILES string of the molecule is C.CC(C)C.CSC(C)C. The lowest BCUT2D eigenvalue weighted by molar-refractivity contribution is 0.737. The van der Waals surface area contributed by atoms with E-state index in [1.807, 2.05) is 11.8 Å². The smallest absolute Gasteiger partial charge is 0.00125 e. The molecule has 1 heteroatoms. The van der Waals surface area contributed by atoms with Crippen LogP contribution in [0.4, 0.5) is 0 Å². The molecular weight excluding hydrogens is 140 g/mol. The van der Waals surface area contributed by atoms with Crippen LogP contribution in [0.2, 0.25) is 0 Å². The van der Waals surface area contributed by atoms with Crippen LogP contribution >= 0.6 is 11.8 Å². The van der Waals surface area contributed by atoms with E-state index in [1.54, 1.807) is 0 Å². The highest BCUT2D eigenvalue weighted by Crippen LogP contribution is 2.00. The molecule has 0 fully saturated rings. The number of thioether (sulfide) groups is 1. The van der Waals surface area contributed by atoms with E-state index in [1.165, 1.54) is 0 Å². The quantitative estimate of drug-likeness (QED) is 0.563. The third-order valence-corrected chi connectivity index (χ3v) is 1.41. The van der Waals surface area contributed by atoms with Crippen molar-refractivity contribution in [2.75, 3.05) is 6.26 Å². The molecule has 0 saturated heterocycles. The number of rotatable bonds is 1. The van der Waals surface area contributed by atoms with E-state index >= 15 is 0 Å². The van der Waals surface area contributed by atoms with Crippen molar-refractivity contribution in [1.82, 2.24) is 0 Å². The molecule has 66 valence electrons. The molecule has 10 heavy (non-hydrogen) atoms. The van der Waals surface area contributed by atoms with Gasteiger partial charge < -0.3 is 0 Å². The number of hydrogen-bond acceptors (Lipinski definition) is 1. The van der Waals surface area contributed by atoms with Crippen molar-refractivity contribution in [3.05, 3.63) is 0 Å². The van der Waals surface area contributed by atoms with Gasteiger partial charge in [-0.25, -0.2) is 0 Å². The van der Waals surface area contributed by atoms with Gasteiger partial charge >= 0.3 is 0 Å². The molecule has 0 aliphatic carbocycles. The summed E-state index contributed by atoms with van der Waals surface area (Å²) in [5.74, 6) is 0.833. The lowest BCUT2D eigenvalue weighted by Crippen LogP contribution is -1.79. The summed E-state index contributed by atoms with van der Waals surface area (Å²) < 4.78 is 0. The van der Waals surface area contributed by atoms with Crippen LogP contribution in [-0.4, -0.2) is 11.5 Å². The molecule has 0 spiro atoms. The molecule has 0 aliphatic rings. The molecule has 0 heterocycles. The van der Waals surface area contributed by atoms with Gasteiger partial charge in [0.1, 0.15) is 0 Å². The molecule has 0 rings (SSSR count). The predicted molar refractivity (Wildman–Crippen MR) is 55.9 cm³/mol. The summed E-state index contributed by atoms with van der Waals surface area (Å²) in [6, 6.07) is 0. The average Bonchev–Trinajstić information content (AvgIpc) is 1.65. The first kappa shape index (κ1) is 16.7. The van der Waals surface area contributed by atoms with Gasteiger partial charge in [-0.1, -0.05) is 42.0 Å². The van der Waals surface area contributed by atoms with Crippen molar-refractivity contribution in [2.24, 2.45) is 5.92 Å². The summed E-state index contributed by atoms with van der Waals surface area (Å²) in [6.07, 6.45) is 2.12. The highest BCUT2D eigenvalue weighted by atomic mass is 32.2. The van der Waals surface area contributed by atoms with Gasteiger partial charge in [-0.05, 0) is 17.4 Å². The Bertz CT molecular complexity index is 37.2. The average molecular weight is 164 g/mol. The lowest BCUT2D eigenvalue weighted by atomic mass is 10.3. The minimum Gasteiger partial charge on any atom is -0.163 e. The topological polar surface area (TPSA) is 0 Å². The van der Waals surface area contributed by atoms with Gasteiger partial charge in [-0.2, -0.15) is 11.8 Å². The maximum Gasteiger partial charge on any atom is -0.00125 e. The highest BCUT2D eigenvalue weighted by molar-refractivity contribution is 7.99. The summed E-state index contributed by atoms with van der Waals surface area (Å²) in [5.41, 5.74) is 0. The summed E-state index contributed by atoms with van der Waals surface area (Å²) >= 11 is 1.88. The van der Waals surface area contributed by atoms with E-state index < -0.39 is 0 Å². The fourth-order valence-corrected chi connectivity index (χ4v) is 0. The monoisotopic (exact) mass is 164 g/mol. The summed E-state index contributed by atoms with van der Waals surface area (Å²) in [4.78, 5) is 0. The van der Waals surface area contributed by atoms with E-state index in [4.69, 9.17) is 0 Å². The largest absolute Gasteiger partial charge is 0.163 e. The fraction of sp³-hybridized carbons (Fsp3) is 1.00. The van der Waals surface area contributed by atoms with Gasteiger partial charge in [-0.3, -0.25) is 0 Å². The predicted octanol–water partition coefficient (Wildman–Crippen LogP) is 4.06. The van der Waals surface area contributed by atoms with E-state index in [2.05, 4.69) is 40.9 Å². The van der Waals surface area contributed by atoms with Crippen LogP contribution < -0.4 is 0 Å². The first-order valence-electron chi connectivity index (χ1n) is 3.53. The van der Waals surface area contributed by atoms with Gasteiger partial charge in [0.2, 0.25) is 0 Å². The Kier molecular flexibility index (Phi) is 20.2. The molecule has 0 aromatic heterocycles. The second-order valence-corrected chi connectivity index (χ2v) is 4.43. The van der Waals surface area contributed by atoms with Crippen LogP contribution in [0.1, 0.15) is 42.0 Å². The van der Waals surface area contributed by atoms with E-state index in [9.17, 15) is 0 Å². The van der Waals surface area contributed by atoms with Crippen LogP contribution in [0.3, 0.4) is 0 Å². The van der Waals surface area contributed by atoms with Gasteiger partial charge in [0.05, 0.1) is 0 Å². The zero-order valence-electron chi connectivity index (χ0n) is 7.56. The van der Waals surface area contributed by atoms with Gasteiger partial charge in [0, 0.05) is 0 Å². The highest BCUT2D eigenvalue weighted by Gasteiger charge is 1.80. The Morgan fingerprint density at radius 1 is 0.900 bits per heavy atom. The lowest BCUT2D eigenvalue weighted by Gasteiger charge is -1.90. The molecule has 0 aliphatic heterocycles. The van der Waals surface area contributed by atoms with Crippen molar-refractivity contribution in [3.63, 3.8) is 0 Å². The van der Waals surface area contributed by atoms with Crippen molar-refractivity contribution >= 4 is 11.8 Å². The van der Waals surface area contributed by atoms with Gasteiger partial charge in [-0.15, -0.1) is 0 Å². The maximum atomic E-state index is 2.19. The van der Waals surface area contributed by atoms with Crippen LogP contribution in [0.15, 0.2) is 0 Å². The summed E-state index contributed by atoms with van der Waals surface area (Å²) in [6.45, 7) is 10.9. The Labute approximate surface area is 71.8 Å². The molecule has 0 unspecified atom stereocenters. The zero-order valence-corrected chi connectivity index (χ0v) is 8.38. The molecule has 0 aromatic carbocycles. The maximum absolute atomic E-state index is 2.19. The minimum absolute atomic E-state index is 0. The molecule has 0 N–H and O–H groups in total. The Morgan fingerprint density at radius 2 is 1.00 bits per heavy atom.